The zero-order valence-corrected chi connectivity index (χ0v) is 6.22. The van der Waals surface area contributed by atoms with Crippen molar-refractivity contribution in [2.45, 2.75) is 25.3 Å². The van der Waals surface area contributed by atoms with E-state index in [-0.39, 0.29) is 5.54 Å². The summed E-state index contributed by atoms with van der Waals surface area (Å²) in [7, 11) is 0. The molecule has 1 heterocycles. The molecule has 1 atom stereocenters. The Balaban J connectivity index is 2.28. The van der Waals surface area contributed by atoms with Gasteiger partial charge in [0, 0.05) is 5.54 Å². The molecule has 10 heavy (non-hydrogen) atoms. The van der Waals surface area contributed by atoms with E-state index in [1.165, 1.54) is 6.42 Å². The molecule has 3 nitrogen and oxygen atoms in total. The predicted octanol–water partition coefficient (Wildman–Crippen LogP) is 0.301. The van der Waals surface area contributed by atoms with Crippen LogP contribution in [0.2, 0.25) is 0 Å². The Kier molecular flexibility index (Phi) is 2.27. The summed E-state index contributed by atoms with van der Waals surface area (Å²) in [6.45, 7) is 4.12. The molecule has 0 aromatic rings. The van der Waals surface area contributed by atoms with Crippen molar-refractivity contribution in [1.82, 2.24) is 5.32 Å². The first-order chi connectivity index (χ1) is 4.77. The predicted molar refractivity (Wildman–Crippen MR) is 37.7 cm³/mol. The second-order valence-electron chi connectivity index (χ2n) is 3.00. The minimum atomic E-state index is 0.0426. The van der Waals surface area contributed by atoms with Crippen molar-refractivity contribution in [3.8, 4) is 0 Å². The molecular formula is C7H13NO2. The Bertz CT molecular complexity index is 119. The number of hydrogen-bond acceptors (Lipinski definition) is 3. The molecule has 3 heteroatoms. The van der Waals surface area contributed by atoms with E-state index in [0.717, 1.165) is 13.0 Å². The second-order valence-corrected chi connectivity index (χ2v) is 3.00. The van der Waals surface area contributed by atoms with E-state index >= 15 is 0 Å². The third-order valence-electron chi connectivity index (χ3n) is 1.93. The van der Waals surface area contributed by atoms with Gasteiger partial charge in [0.2, 0.25) is 0 Å². The summed E-state index contributed by atoms with van der Waals surface area (Å²) in [6, 6.07) is 0. The van der Waals surface area contributed by atoms with Crippen LogP contribution in [-0.2, 0) is 9.53 Å². The van der Waals surface area contributed by atoms with Gasteiger partial charge in [-0.05, 0) is 26.3 Å². The molecule has 1 aliphatic rings. The molecule has 0 aromatic heterocycles. The molecule has 0 aliphatic carbocycles. The maximum absolute atomic E-state index is 9.85. The fraction of sp³-hybridized carbons (Fsp3) is 0.857. The molecule has 1 rings (SSSR count). The van der Waals surface area contributed by atoms with Crippen molar-refractivity contribution >= 4 is 6.47 Å². The number of carbonyl (C=O) groups is 1. The van der Waals surface area contributed by atoms with Crippen molar-refractivity contribution < 1.29 is 9.53 Å². The van der Waals surface area contributed by atoms with Gasteiger partial charge in [-0.3, -0.25) is 4.79 Å². The normalized spacial score (nSPS) is 32.1. The van der Waals surface area contributed by atoms with Crippen LogP contribution >= 0.6 is 0 Å². The molecule has 0 bridgehead atoms. The van der Waals surface area contributed by atoms with Crippen molar-refractivity contribution in [3.63, 3.8) is 0 Å². The summed E-state index contributed by atoms with van der Waals surface area (Å²) in [5.74, 6) is 0. The number of ether oxygens (including phenoxy) is 1. The zero-order chi connectivity index (χ0) is 7.45. The zero-order valence-electron chi connectivity index (χ0n) is 6.22. The summed E-state index contributed by atoms with van der Waals surface area (Å²) in [6.07, 6.45) is 2.28. The number of rotatable bonds is 3. The van der Waals surface area contributed by atoms with Crippen LogP contribution in [0, 0.1) is 0 Å². The van der Waals surface area contributed by atoms with Crippen molar-refractivity contribution in [1.29, 1.82) is 0 Å². The lowest BCUT2D eigenvalue weighted by molar-refractivity contribution is -0.130. The van der Waals surface area contributed by atoms with Gasteiger partial charge in [0.1, 0.15) is 6.61 Å². The SMILES string of the molecule is C[C@]1(COC=O)CCCN1. The van der Waals surface area contributed by atoms with Gasteiger partial charge in [0.15, 0.2) is 0 Å². The lowest BCUT2D eigenvalue weighted by Gasteiger charge is -2.21. The summed E-state index contributed by atoms with van der Waals surface area (Å²) < 4.78 is 4.68. The van der Waals surface area contributed by atoms with Gasteiger partial charge in [-0.15, -0.1) is 0 Å². The lowest BCUT2D eigenvalue weighted by Crippen LogP contribution is -2.40. The first kappa shape index (κ1) is 7.54. The van der Waals surface area contributed by atoms with Crippen LogP contribution in [0.3, 0.4) is 0 Å². The highest BCUT2D eigenvalue weighted by atomic mass is 16.5. The average molecular weight is 143 g/mol. The van der Waals surface area contributed by atoms with Gasteiger partial charge < -0.3 is 10.1 Å². The van der Waals surface area contributed by atoms with Crippen molar-refractivity contribution in [3.05, 3.63) is 0 Å². The van der Waals surface area contributed by atoms with E-state index in [1.54, 1.807) is 0 Å². The van der Waals surface area contributed by atoms with E-state index in [9.17, 15) is 4.79 Å². The van der Waals surface area contributed by atoms with E-state index in [2.05, 4.69) is 17.0 Å². The highest BCUT2D eigenvalue weighted by Crippen LogP contribution is 2.17. The summed E-state index contributed by atoms with van der Waals surface area (Å²) in [5.41, 5.74) is 0.0426. The molecular weight excluding hydrogens is 130 g/mol. The Labute approximate surface area is 60.7 Å². The first-order valence-corrected chi connectivity index (χ1v) is 3.57. The third-order valence-corrected chi connectivity index (χ3v) is 1.93. The monoisotopic (exact) mass is 143 g/mol. The largest absolute Gasteiger partial charge is 0.466 e. The van der Waals surface area contributed by atoms with E-state index < -0.39 is 0 Å². The summed E-state index contributed by atoms with van der Waals surface area (Å²) in [4.78, 5) is 9.85. The number of carbonyl (C=O) groups excluding carboxylic acids is 1. The molecule has 0 spiro atoms. The topological polar surface area (TPSA) is 38.3 Å². The molecule has 0 aromatic carbocycles. The van der Waals surface area contributed by atoms with Crippen LogP contribution in [0.25, 0.3) is 0 Å². The Morgan fingerprint density at radius 3 is 3.10 bits per heavy atom. The minimum Gasteiger partial charge on any atom is -0.466 e. The van der Waals surface area contributed by atoms with Gasteiger partial charge in [0.25, 0.3) is 6.47 Å². The van der Waals surface area contributed by atoms with Crippen molar-refractivity contribution in [2.24, 2.45) is 0 Å². The van der Waals surface area contributed by atoms with E-state index in [0.29, 0.717) is 13.1 Å². The van der Waals surface area contributed by atoms with E-state index in [4.69, 9.17) is 0 Å². The molecule has 1 fully saturated rings. The maximum Gasteiger partial charge on any atom is 0.293 e. The average Bonchev–Trinajstić information content (AvgIpc) is 2.33. The Morgan fingerprint density at radius 1 is 1.80 bits per heavy atom. The number of nitrogens with one attached hydrogen (secondary N) is 1. The van der Waals surface area contributed by atoms with Crippen LogP contribution < -0.4 is 5.32 Å². The molecule has 58 valence electrons. The molecule has 0 unspecified atom stereocenters. The standard InChI is InChI=1S/C7H13NO2/c1-7(5-10-6-9)3-2-4-8-7/h6,8H,2-5H2,1H3/t7-/m1/s1. The van der Waals surface area contributed by atoms with Crippen LogP contribution in [0.5, 0.6) is 0 Å². The Hall–Kier alpha value is -0.570. The van der Waals surface area contributed by atoms with Gasteiger partial charge in [0.05, 0.1) is 0 Å². The molecule has 0 radical (unpaired) electrons. The van der Waals surface area contributed by atoms with Crippen LogP contribution in [0.4, 0.5) is 0 Å². The van der Waals surface area contributed by atoms with Gasteiger partial charge >= 0.3 is 0 Å². The fourth-order valence-electron chi connectivity index (χ4n) is 1.30. The molecule has 1 saturated heterocycles. The van der Waals surface area contributed by atoms with E-state index in [1.807, 2.05) is 0 Å². The molecule has 0 amide bonds. The highest BCUT2D eigenvalue weighted by Gasteiger charge is 2.28. The summed E-state index contributed by atoms with van der Waals surface area (Å²) in [5, 5.41) is 3.28. The highest BCUT2D eigenvalue weighted by molar-refractivity contribution is 5.37. The van der Waals surface area contributed by atoms with Crippen LogP contribution in [0.15, 0.2) is 0 Å². The number of hydrogen-bond donors (Lipinski definition) is 1. The molecule has 1 N–H and O–H groups in total. The Morgan fingerprint density at radius 2 is 2.60 bits per heavy atom. The smallest absolute Gasteiger partial charge is 0.293 e. The second kappa shape index (κ2) is 3.01. The fourth-order valence-corrected chi connectivity index (χ4v) is 1.30. The molecule has 1 aliphatic heterocycles. The van der Waals surface area contributed by atoms with Gasteiger partial charge in [-0.1, -0.05) is 0 Å². The maximum atomic E-state index is 9.85. The lowest BCUT2D eigenvalue weighted by atomic mass is 10.0. The quantitative estimate of drug-likeness (QED) is 0.577. The van der Waals surface area contributed by atoms with Gasteiger partial charge in [-0.2, -0.15) is 0 Å². The molecule has 0 saturated carbocycles. The third kappa shape index (κ3) is 1.70. The minimum absolute atomic E-state index is 0.0426. The van der Waals surface area contributed by atoms with Crippen LogP contribution in [0.1, 0.15) is 19.8 Å². The first-order valence-electron chi connectivity index (χ1n) is 3.57. The summed E-state index contributed by atoms with van der Waals surface area (Å²) >= 11 is 0. The van der Waals surface area contributed by atoms with Crippen LogP contribution in [-0.4, -0.2) is 25.2 Å². The van der Waals surface area contributed by atoms with Crippen molar-refractivity contribution in [2.75, 3.05) is 13.2 Å². The van der Waals surface area contributed by atoms with Gasteiger partial charge in [-0.25, -0.2) is 0 Å².